The molecule has 10 aromatic carbocycles. The van der Waals surface area contributed by atoms with Gasteiger partial charge in [0.15, 0.2) is 5.82 Å². The fraction of sp³-hybridized carbons (Fsp3) is 0.0323. The summed E-state index contributed by atoms with van der Waals surface area (Å²) in [5.41, 5.74) is 15.3. The van der Waals surface area contributed by atoms with E-state index in [1.807, 2.05) is 0 Å². The van der Waals surface area contributed by atoms with Crippen molar-refractivity contribution in [1.82, 2.24) is 19.1 Å². The van der Waals surface area contributed by atoms with Crippen molar-refractivity contribution in [1.29, 1.82) is 0 Å². The molecule has 0 atom stereocenters. The van der Waals surface area contributed by atoms with Crippen LogP contribution in [0.3, 0.4) is 0 Å². The van der Waals surface area contributed by atoms with Gasteiger partial charge in [-0.2, -0.15) is 0 Å². The first kappa shape index (κ1) is 37.9. The second-order valence-corrected chi connectivity index (χ2v) is 17.2. The molecule has 13 aromatic rings. The highest BCUT2D eigenvalue weighted by molar-refractivity contribution is 6.25. The van der Waals surface area contributed by atoms with Gasteiger partial charge in [-0.25, -0.2) is 9.97 Å². The van der Waals surface area contributed by atoms with Gasteiger partial charge in [-0.05, 0) is 93.7 Å². The van der Waals surface area contributed by atoms with E-state index in [2.05, 4.69) is 241 Å². The highest BCUT2D eigenvalue weighted by Crippen LogP contribution is 2.44. The van der Waals surface area contributed by atoms with Crippen LogP contribution in [-0.4, -0.2) is 19.1 Å². The first-order chi connectivity index (χ1) is 32.7. The molecular weight excluding hydrogens is 801 g/mol. The summed E-state index contributed by atoms with van der Waals surface area (Å²) >= 11 is 0. The van der Waals surface area contributed by atoms with Crippen LogP contribution in [-0.2, 0) is 6.42 Å². The summed E-state index contributed by atoms with van der Waals surface area (Å²) < 4.78 is 4.92. The van der Waals surface area contributed by atoms with E-state index in [1.54, 1.807) is 0 Å². The summed E-state index contributed by atoms with van der Waals surface area (Å²) in [5, 5.41) is 9.74. The molecule has 310 valence electrons. The molecule has 0 aliphatic rings. The Bertz CT molecular complexity index is 4010. The summed E-state index contributed by atoms with van der Waals surface area (Å²) in [6.45, 7) is 2.23. The van der Waals surface area contributed by atoms with Gasteiger partial charge in [-0.15, -0.1) is 0 Å². The topological polar surface area (TPSA) is 35.6 Å². The number of rotatable bonds is 7. The van der Waals surface area contributed by atoms with Gasteiger partial charge in [-0.3, -0.25) is 0 Å². The molecule has 66 heavy (non-hydrogen) atoms. The molecule has 0 saturated carbocycles. The average molecular weight is 843 g/mol. The molecule has 0 fully saturated rings. The molecule has 0 spiro atoms. The maximum atomic E-state index is 5.61. The second-order valence-electron chi connectivity index (χ2n) is 17.2. The molecular formula is C62H42N4. The van der Waals surface area contributed by atoms with Crippen molar-refractivity contribution in [3.05, 3.63) is 230 Å². The van der Waals surface area contributed by atoms with Gasteiger partial charge in [0.25, 0.3) is 0 Å². The summed E-state index contributed by atoms with van der Waals surface area (Å²) in [7, 11) is 0. The highest BCUT2D eigenvalue weighted by Gasteiger charge is 2.23. The largest absolute Gasteiger partial charge is 0.309 e. The maximum absolute atomic E-state index is 5.61. The van der Waals surface area contributed by atoms with Gasteiger partial charge in [0.2, 0.25) is 0 Å². The third kappa shape index (κ3) is 5.99. The molecule has 3 heterocycles. The van der Waals surface area contributed by atoms with Gasteiger partial charge < -0.3 is 9.13 Å². The molecule has 0 N–H and O–H groups in total. The molecule has 0 bridgehead atoms. The zero-order valence-electron chi connectivity index (χ0n) is 36.4. The molecule has 13 rings (SSSR count). The zero-order valence-corrected chi connectivity index (χ0v) is 36.4. The van der Waals surface area contributed by atoms with Gasteiger partial charge in [0, 0.05) is 55.2 Å². The molecule has 4 heteroatoms. The number of fused-ring (bicyclic) bond motifs is 9. The summed E-state index contributed by atoms with van der Waals surface area (Å²) in [6, 6.07) is 81.1. The van der Waals surface area contributed by atoms with E-state index in [1.165, 1.54) is 43.4 Å². The first-order valence-electron chi connectivity index (χ1n) is 22.8. The fourth-order valence-corrected chi connectivity index (χ4v) is 10.5. The van der Waals surface area contributed by atoms with Crippen LogP contribution in [0.25, 0.3) is 122 Å². The van der Waals surface area contributed by atoms with Crippen LogP contribution in [0.2, 0.25) is 0 Å². The molecule has 0 aliphatic heterocycles. The number of para-hydroxylation sites is 2. The Morgan fingerprint density at radius 2 is 0.955 bits per heavy atom. The minimum absolute atomic E-state index is 0.703. The van der Waals surface area contributed by atoms with Gasteiger partial charge in [0.1, 0.15) is 0 Å². The lowest BCUT2D eigenvalue weighted by Gasteiger charge is -2.19. The average Bonchev–Trinajstić information content (AvgIpc) is 3.90. The van der Waals surface area contributed by atoms with Crippen molar-refractivity contribution in [2.75, 3.05) is 0 Å². The molecule has 0 amide bonds. The van der Waals surface area contributed by atoms with E-state index in [0.29, 0.717) is 5.82 Å². The summed E-state index contributed by atoms with van der Waals surface area (Å²) in [5.74, 6) is 0.703. The van der Waals surface area contributed by atoms with Crippen molar-refractivity contribution >= 4 is 65.2 Å². The number of aromatic nitrogens is 4. The second kappa shape index (κ2) is 15.3. The van der Waals surface area contributed by atoms with Crippen LogP contribution in [0, 0.1) is 0 Å². The van der Waals surface area contributed by atoms with Crippen molar-refractivity contribution in [3.63, 3.8) is 0 Å². The number of benzene rings is 10. The Kier molecular flexibility index (Phi) is 8.78. The van der Waals surface area contributed by atoms with Crippen molar-refractivity contribution < 1.29 is 0 Å². The lowest BCUT2D eigenvalue weighted by Crippen LogP contribution is -2.04. The number of hydrogen-bond acceptors (Lipinski definition) is 2. The zero-order chi connectivity index (χ0) is 43.7. The Labute approximate surface area is 382 Å². The fourth-order valence-electron chi connectivity index (χ4n) is 10.5. The third-order valence-electron chi connectivity index (χ3n) is 13.5. The van der Waals surface area contributed by atoms with Crippen molar-refractivity contribution in [3.8, 4) is 56.4 Å². The van der Waals surface area contributed by atoms with Gasteiger partial charge in [-0.1, -0.05) is 177 Å². The van der Waals surface area contributed by atoms with Gasteiger partial charge >= 0.3 is 0 Å². The summed E-state index contributed by atoms with van der Waals surface area (Å²) in [4.78, 5) is 11.0. The predicted octanol–water partition coefficient (Wildman–Crippen LogP) is 16.2. The molecule has 4 nitrogen and oxygen atoms in total. The molecule has 0 radical (unpaired) electrons. The molecule has 3 aromatic heterocycles. The van der Waals surface area contributed by atoms with Crippen LogP contribution in [0.4, 0.5) is 0 Å². The van der Waals surface area contributed by atoms with Crippen LogP contribution < -0.4 is 0 Å². The number of nitrogens with zero attached hydrogens (tertiary/aromatic N) is 4. The number of hydrogen-bond donors (Lipinski definition) is 0. The first-order valence-corrected chi connectivity index (χ1v) is 22.8. The SMILES string of the molecule is CCc1c(-c2ccccc2)nc(-c2cccc(-c3ccccc3)c2)nc1-c1cc(-n2c3ccccc3c3cc4c5c6ccccc6ccc5n(-c5ccccc5)c4cc32)cc2ccccc12. The van der Waals surface area contributed by atoms with Crippen molar-refractivity contribution in [2.24, 2.45) is 0 Å². The normalized spacial score (nSPS) is 11.8. The smallest absolute Gasteiger partial charge is 0.160 e. The van der Waals surface area contributed by atoms with E-state index >= 15 is 0 Å². The van der Waals surface area contributed by atoms with Gasteiger partial charge in [0.05, 0.1) is 33.5 Å². The highest BCUT2D eigenvalue weighted by atomic mass is 15.0. The van der Waals surface area contributed by atoms with E-state index in [0.717, 1.165) is 84.4 Å². The minimum atomic E-state index is 0.703. The predicted molar refractivity (Wildman–Crippen MR) is 277 cm³/mol. The molecule has 0 saturated heterocycles. The minimum Gasteiger partial charge on any atom is -0.309 e. The Balaban J connectivity index is 1.11. The van der Waals surface area contributed by atoms with Crippen LogP contribution in [0.5, 0.6) is 0 Å². The lowest BCUT2D eigenvalue weighted by atomic mass is 9.93. The van der Waals surface area contributed by atoms with E-state index < -0.39 is 0 Å². The molecule has 0 aliphatic carbocycles. The Hall–Kier alpha value is -8.60. The quantitative estimate of drug-likeness (QED) is 0.160. The van der Waals surface area contributed by atoms with Crippen LogP contribution in [0.1, 0.15) is 12.5 Å². The van der Waals surface area contributed by atoms with Crippen molar-refractivity contribution in [2.45, 2.75) is 13.3 Å². The monoisotopic (exact) mass is 842 g/mol. The van der Waals surface area contributed by atoms with Crippen LogP contribution >= 0.6 is 0 Å². The van der Waals surface area contributed by atoms with E-state index in [9.17, 15) is 0 Å². The summed E-state index contributed by atoms with van der Waals surface area (Å²) in [6.07, 6.45) is 0.758. The van der Waals surface area contributed by atoms with E-state index in [-0.39, 0.29) is 0 Å². The molecule has 0 unspecified atom stereocenters. The van der Waals surface area contributed by atoms with E-state index in [4.69, 9.17) is 9.97 Å². The third-order valence-corrected chi connectivity index (χ3v) is 13.5. The lowest BCUT2D eigenvalue weighted by molar-refractivity contribution is 1.06. The van der Waals surface area contributed by atoms with Crippen LogP contribution in [0.15, 0.2) is 224 Å². The Morgan fingerprint density at radius 1 is 0.348 bits per heavy atom. The standard InChI is InChI=1S/C62H42N4/c1-2-48-60(42-22-8-4-9-23-42)63-62(45-26-18-25-43(35-45)40-19-6-3-7-20-40)64-61(48)53-37-47(36-44-24-13-14-29-49(44)53)66-55-32-17-16-31-51(55)52-38-54-58(39-57(52)66)65(46-27-10-5-11-28-46)56-34-33-41-21-12-15-30-50(41)59(54)56/h3-39H,2H2,1H3. The maximum Gasteiger partial charge on any atom is 0.160 e. The Morgan fingerprint density at radius 3 is 1.74 bits per heavy atom.